The zero-order valence-corrected chi connectivity index (χ0v) is 19.6. The van der Waals surface area contributed by atoms with E-state index in [1.807, 2.05) is 25.7 Å². The van der Waals surface area contributed by atoms with Gasteiger partial charge in [-0.15, -0.1) is 0 Å². The van der Waals surface area contributed by atoms with Gasteiger partial charge in [0.1, 0.15) is 12.2 Å². The zero-order valence-electron chi connectivity index (χ0n) is 18.7. The molecular weight excluding hydrogens is 434 g/mol. The van der Waals surface area contributed by atoms with Crippen LogP contribution in [-0.2, 0) is 21.4 Å². The second kappa shape index (κ2) is 9.70. The first-order chi connectivity index (χ1) is 15.1. The van der Waals surface area contributed by atoms with Crippen LogP contribution in [0.15, 0.2) is 41.6 Å². The number of hydrogen-bond acceptors (Lipinski definition) is 8. The summed E-state index contributed by atoms with van der Waals surface area (Å²) in [6.45, 7) is 8.11. The molecule has 1 aromatic carbocycles. The molecule has 1 aromatic heterocycles. The largest absolute Gasteiger partial charge is 0.486 e. The molecule has 1 N–H and O–H groups in total. The van der Waals surface area contributed by atoms with Gasteiger partial charge in [0, 0.05) is 26.2 Å². The van der Waals surface area contributed by atoms with Gasteiger partial charge in [-0.2, -0.15) is 0 Å². The third kappa shape index (κ3) is 6.30. The number of nitrogens with one attached hydrogen (secondary N) is 1. The van der Waals surface area contributed by atoms with Gasteiger partial charge in [0.2, 0.25) is 16.0 Å². The third-order valence-corrected chi connectivity index (χ3v) is 6.17. The van der Waals surface area contributed by atoms with Crippen molar-refractivity contribution in [1.82, 2.24) is 19.6 Å². The fourth-order valence-electron chi connectivity index (χ4n) is 3.01. The van der Waals surface area contributed by atoms with E-state index >= 15 is 0 Å². The average molecular weight is 464 g/mol. The molecule has 10 nitrogen and oxygen atoms in total. The average Bonchev–Trinajstić information content (AvgIpc) is 2.77. The minimum Gasteiger partial charge on any atom is -0.486 e. The molecule has 32 heavy (non-hydrogen) atoms. The Morgan fingerprint density at radius 2 is 1.66 bits per heavy atom. The number of hydrogen-bond donors (Lipinski definition) is 1. The lowest BCUT2D eigenvalue weighted by atomic mass is 10.2. The van der Waals surface area contributed by atoms with Crippen molar-refractivity contribution < 1.29 is 22.7 Å². The van der Waals surface area contributed by atoms with Crippen molar-refractivity contribution in [3.8, 4) is 5.75 Å². The molecule has 1 aliphatic rings. The summed E-state index contributed by atoms with van der Waals surface area (Å²) in [4.78, 5) is 24.8. The van der Waals surface area contributed by atoms with Gasteiger partial charge in [0.05, 0.1) is 17.3 Å². The monoisotopic (exact) mass is 463 g/mol. The Kier molecular flexibility index (Phi) is 7.19. The van der Waals surface area contributed by atoms with Crippen molar-refractivity contribution in [2.75, 3.05) is 38.1 Å². The first kappa shape index (κ1) is 23.7. The number of piperazine rings is 1. The SMILES string of the molecule is CNS(=O)(=O)c1ccc(COc2cnc(N3CCN(C(=O)OC(C)(C)C)CC3)nc2)cc1. The highest BCUT2D eigenvalue weighted by Gasteiger charge is 2.26. The minimum atomic E-state index is -3.46. The van der Waals surface area contributed by atoms with Crippen molar-refractivity contribution in [2.24, 2.45) is 0 Å². The maximum Gasteiger partial charge on any atom is 0.410 e. The number of sulfonamides is 1. The smallest absolute Gasteiger partial charge is 0.410 e. The molecule has 2 heterocycles. The van der Waals surface area contributed by atoms with E-state index in [1.165, 1.54) is 19.2 Å². The summed E-state index contributed by atoms with van der Waals surface area (Å²) >= 11 is 0. The Hall–Kier alpha value is -2.92. The number of ether oxygens (including phenoxy) is 2. The van der Waals surface area contributed by atoms with Crippen molar-refractivity contribution in [2.45, 2.75) is 37.9 Å². The van der Waals surface area contributed by atoms with Crippen LogP contribution in [0.2, 0.25) is 0 Å². The van der Waals surface area contributed by atoms with Gasteiger partial charge in [0.15, 0.2) is 5.75 Å². The lowest BCUT2D eigenvalue weighted by Crippen LogP contribution is -2.50. The number of aromatic nitrogens is 2. The van der Waals surface area contributed by atoms with Crippen LogP contribution >= 0.6 is 0 Å². The maximum absolute atomic E-state index is 12.2. The fraction of sp³-hybridized carbons (Fsp3) is 0.476. The first-order valence-corrected chi connectivity index (χ1v) is 11.8. The first-order valence-electron chi connectivity index (χ1n) is 10.3. The second-order valence-electron chi connectivity index (χ2n) is 8.31. The van der Waals surface area contributed by atoms with E-state index in [9.17, 15) is 13.2 Å². The highest BCUT2D eigenvalue weighted by molar-refractivity contribution is 7.89. The van der Waals surface area contributed by atoms with Crippen LogP contribution < -0.4 is 14.4 Å². The lowest BCUT2D eigenvalue weighted by molar-refractivity contribution is 0.0240. The molecule has 0 unspecified atom stereocenters. The van der Waals surface area contributed by atoms with E-state index in [1.54, 1.807) is 29.4 Å². The summed E-state index contributed by atoms with van der Waals surface area (Å²) in [6, 6.07) is 6.45. The molecule has 0 bridgehead atoms. The molecule has 1 aliphatic heterocycles. The minimum absolute atomic E-state index is 0.197. The molecule has 174 valence electrons. The number of carbonyl (C=O) groups excluding carboxylic acids is 1. The molecule has 0 spiro atoms. The molecule has 0 saturated carbocycles. The van der Waals surface area contributed by atoms with Crippen LogP contribution in [-0.4, -0.2) is 68.2 Å². The normalized spacial score (nSPS) is 14.9. The molecular formula is C21H29N5O5S. The quantitative estimate of drug-likeness (QED) is 0.692. The summed E-state index contributed by atoms with van der Waals surface area (Å²) in [5, 5.41) is 0. The van der Waals surface area contributed by atoms with Crippen LogP contribution in [0, 0.1) is 0 Å². The summed E-state index contributed by atoms with van der Waals surface area (Å²) in [7, 11) is -2.09. The lowest BCUT2D eigenvalue weighted by Gasteiger charge is -2.35. The zero-order chi connectivity index (χ0) is 23.4. The fourth-order valence-corrected chi connectivity index (χ4v) is 3.74. The van der Waals surface area contributed by atoms with Crippen molar-refractivity contribution >= 4 is 22.1 Å². The molecule has 2 aromatic rings. The van der Waals surface area contributed by atoms with Gasteiger partial charge in [-0.25, -0.2) is 27.9 Å². The Bertz CT molecular complexity index is 1010. The number of amides is 1. The number of carbonyl (C=O) groups is 1. The summed E-state index contributed by atoms with van der Waals surface area (Å²) in [5.74, 6) is 1.08. The molecule has 1 fully saturated rings. The number of anilines is 1. The van der Waals surface area contributed by atoms with Gasteiger partial charge in [-0.3, -0.25) is 0 Å². The van der Waals surface area contributed by atoms with Gasteiger partial charge in [-0.1, -0.05) is 12.1 Å². The summed E-state index contributed by atoms with van der Waals surface area (Å²) in [6.07, 6.45) is 2.89. The van der Waals surface area contributed by atoms with Crippen LogP contribution in [0.4, 0.5) is 10.7 Å². The van der Waals surface area contributed by atoms with Gasteiger partial charge in [-0.05, 0) is 45.5 Å². The molecule has 1 amide bonds. The third-order valence-electron chi connectivity index (χ3n) is 4.74. The second-order valence-corrected chi connectivity index (χ2v) is 10.2. The van der Waals surface area contributed by atoms with Crippen molar-refractivity contribution in [3.63, 3.8) is 0 Å². The van der Waals surface area contributed by atoms with E-state index in [0.717, 1.165) is 5.56 Å². The Morgan fingerprint density at radius 3 is 2.19 bits per heavy atom. The van der Waals surface area contributed by atoms with Crippen LogP contribution in [0.25, 0.3) is 0 Å². The predicted molar refractivity (Wildman–Crippen MR) is 119 cm³/mol. The number of rotatable bonds is 6. The Morgan fingerprint density at radius 1 is 1.06 bits per heavy atom. The summed E-state index contributed by atoms with van der Waals surface area (Å²) < 4.78 is 36.9. The summed E-state index contributed by atoms with van der Waals surface area (Å²) in [5.41, 5.74) is 0.307. The van der Waals surface area contributed by atoms with Gasteiger partial charge < -0.3 is 19.3 Å². The maximum atomic E-state index is 12.2. The van der Waals surface area contributed by atoms with Crippen LogP contribution in [0.1, 0.15) is 26.3 Å². The van der Waals surface area contributed by atoms with Crippen LogP contribution in [0.5, 0.6) is 5.75 Å². The van der Waals surface area contributed by atoms with E-state index in [0.29, 0.717) is 37.9 Å². The molecule has 11 heteroatoms. The highest BCUT2D eigenvalue weighted by Crippen LogP contribution is 2.18. The van der Waals surface area contributed by atoms with Crippen LogP contribution in [0.3, 0.4) is 0 Å². The van der Waals surface area contributed by atoms with E-state index in [-0.39, 0.29) is 17.6 Å². The molecule has 0 atom stereocenters. The number of benzene rings is 1. The van der Waals surface area contributed by atoms with E-state index in [4.69, 9.17) is 9.47 Å². The number of nitrogens with zero attached hydrogens (tertiary/aromatic N) is 4. The Labute approximate surface area is 188 Å². The van der Waals surface area contributed by atoms with Gasteiger partial charge in [0.25, 0.3) is 0 Å². The highest BCUT2D eigenvalue weighted by atomic mass is 32.2. The van der Waals surface area contributed by atoms with E-state index < -0.39 is 15.6 Å². The Balaban J connectivity index is 1.50. The van der Waals surface area contributed by atoms with E-state index in [2.05, 4.69) is 14.7 Å². The molecule has 0 aliphatic carbocycles. The molecule has 3 rings (SSSR count). The van der Waals surface area contributed by atoms with Crippen molar-refractivity contribution in [3.05, 3.63) is 42.2 Å². The standard InChI is InChI=1S/C21H29N5O5S/c1-21(2,3)31-20(27)26-11-9-25(10-12-26)19-23-13-17(14-24-19)30-15-16-5-7-18(8-6-16)32(28,29)22-4/h5-8,13-14,22H,9-12,15H2,1-4H3. The van der Waals surface area contributed by atoms with Gasteiger partial charge >= 0.3 is 6.09 Å². The predicted octanol–water partition coefficient (Wildman–Crippen LogP) is 2.02. The molecule has 0 radical (unpaired) electrons. The molecule has 1 saturated heterocycles. The topological polar surface area (TPSA) is 114 Å². The van der Waals surface area contributed by atoms with Crippen molar-refractivity contribution in [1.29, 1.82) is 0 Å².